The minimum Gasteiger partial charge on any atom is -0.385 e. The molecule has 2 nitrogen and oxygen atoms in total. The van der Waals surface area contributed by atoms with Crippen molar-refractivity contribution in [2.45, 2.75) is 39.2 Å². The standard InChI is InChI=1S/C14H18O2/c1-9(2)14(16)7-6-13(15)11-5-4-10(3)8-12(11)14/h4-5,8-9,16H,6-7H2,1-3H3. The number of Topliss-reactive ketones (excluding diaryl/α,β-unsaturated/α-hetero) is 1. The molecule has 0 amide bonds. The van der Waals surface area contributed by atoms with Gasteiger partial charge in [0.05, 0.1) is 5.60 Å². The van der Waals surface area contributed by atoms with E-state index in [-0.39, 0.29) is 11.7 Å². The molecule has 1 aromatic rings. The molecule has 1 aliphatic carbocycles. The summed E-state index contributed by atoms with van der Waals surface area (Å²) in [5, 5.41) is 10.7. The van der Waals surface area contributed by atoms with Crippen LogP contribution in [0, 0.1) is 12.8 Å². The predicted octanol–water partition coefficient (Wildman–Crippen LogP) is 2.82. The maximum Gasteiger partial charge on any atom is 0.163 e. The van der Waals surface area contributed by atoms with Crippen LogP contribution in [0.25, 0.3) is 0 Å². The summed E-state index contributed by atoms with van der Waals surface area (Å²) >= 11 is 0. The average Bonchev–Trinajstić information content (AvgIpc) is 2.23. The SMILES string of the molecule is Cc1ccc2c(c1)C(O)(C(C)C)CCC2=O. The zero-order chi connectivity index (χ0) is 11.9. The molecule has 1 aromatic carbocycles. The van der Waals surface area contributed by atoms with Crippen LogP contribution in [0.3, 0.4) is 0 Å². The van der Waals surface area contributed by atoms with Crippen LogP contribution >= 0.6 is 0 Å². The van der Waals surface area contributed by atoms with Gasteiger partial charge in [-0.15, -0.1) is 0 Å². The monoisotopic (exact) mass is 218 g/mol. The van der Waals surface area contributed by atoms with E-state index in [1.807, 2.05) is 39.0 Å². The summed E-state index contributed by atoms with van der Waals surface area (Å²) in [7, 11) is 0. The second-order valence-corrected chi connectivity index (χ2v) is 5.05. The Balaban J connectivity index is 2.63. The average molecular weight is 218 g/mol. The first-order valence-corrected chi connectivity index (χ1v) is 5.82. The number of hydrogen-bond acceptors (Lipinski definition) is 2. The number of aryl methyl sites for hydroxylation is 1. The number of benzene rings is 1. The lowest BCUT2D eigenvalue weighted by atomic mass is 9.72. The predicted molar refractivity (Wildman–Crippen MR) is 63.5 cm³/mol. The van der Waals surface area contributed by atoms with Crippen molar-refractivity contribution in [2.75, 3.05) is 0 Å². The summed E-state index contributed by atoms with van der Waals surface area (Å²) in [6.45, 7) is 5.99. The normalized spacial score (nSPS) is 24.7. The van der Waals surface area contributed by atoms with Gasteiger partial charge >= 0.3 is 0 Å². The van der Waals surface area contributed by atoms with Gasteiger partial charge in [-0.3, -0.25) is 4.79 Å². The number of carbonyl (C=O) groups is 1. The molecule has 0 aliphatic heterocycles. The highest BCUT2D eigenvalue weighted by molar-refractivity contribution is 5.99. The summed E-state index contributed by atoms with van der Waals surface area (Å²) in [6.07, 6.45) is 0.991. The van der Waals surface area contributed by atoms with Crippen LogP contribution in [0.1, 0.15) is 48.2 Å². The first-order valence-electron chi connectivity index (χ1n) is 5.82. The van der Waals surface area contributed by atoms with Crippen molar-refractivity contribution >= 4 is 5.78 Å². The minimum atomic E-state index is -0.838. The van der Waals surface area contributed by atoms with E-state index in [2.05, 4.69) is 0 Å². The smallest absolute Gasteiger partial charge is 0.163 e. The van der Waals surface area contributed by atoms with Gasteiger partial charge in [0.25, 0.3) is 0 Å². The van der Waals surface area contributed by atoms with E-state index in [4.69, 9.17) is 0 Å². The Morgan fingerprint density at radius 2 is 2.06 bits per heavy atom. The lowest BCUT2D eigenvalue weighted by Gasteiger charge is -2.37. The molecular formula is C14H18O2. The van der Waals surface area contributed by atoms with Gasteiger partial charge in [-0.2, -0.15) is 0 Å². The fourth-order valence-corrected chi connectivity index (χ4v) is 2.43. The van der Waals surface area contributed by atoms with Gasteiger partial charge in [0.15, 0.2) is 5.78 Å². The van der Waals surface area contributed by atoms with E-state index in [9.17, 15) is 9.90 Å². The number of carbonyl (C=O) groups excluding carboxylic acids is 1. The van der Waals surface area contributed by atoms with Gasteiger partial charge in [-0.1, -0.05) is 37.6 Å². The fraction of sp³-hybridized carbons (Fsp3) is 0.500. The van der Waals surface area contributed by atoms with Gasteiger partial charge in [0.2, 0.25) is 0 Å². The lowest BCUT2D eigenvalue weighted by molar-refractivity contribution is -0.0236. The Hall–Kier alpha value is -1.15. The molecule has 0 bridgehead atoms. The van der Waals surface area contributed by atoms with Crippen LogP contribution in [-0.2, 0) is 5.60 Å². The van der Waals surface area contributed by atoms with E-state index in [0.717, 1.165) is 11.1 Å². The largest absolute Gasteiger partial charge is 0.385 e. The van der Waals surface area contributed by atoms with Crippen molar-refractivity contribution in [2.24, 2.45) is 5.92 Å². The second-order valence-electron chi connectivity index (χ2n) is 5.05. The fourth-order valence-electron chi connectivity index (χ4n) is 2.43. The van der Waals surface area contributed by atoms with Gasteiger partial charge in [0.1, 0.15) is 0 Å². The first kappa shape index (κ1) is 11.3. The van der Waals surface area contributed by atoms with E-state index < -0.39 is 5.60 Å². The third-order valence-electron chi connectivity index (χ3n) is 3.63. The maximum absolute atomic E-state index is 11.8. The topological polar surface area (TPSA) is 37.3 Å². The van der Waals surface area contributed by atoms with Crippen molar-refractivity contribution in [3.05, 3.63) is 34.9 Å². The highest BCUT2D eigenvalue weighted by atomic mass is 16.3. The molecule has 0 fully saturated rings. The Morgan fingerprint density at radius 1 is 1.38 bits per heavy atom. The number of rotatable bonds is 1. The Kier molecular flexibility index (Phi) is 2.62. The highest BCUT2D eigenvalue weighted by Crippen LogP contribution is 2.40. The maximum atomic E-state index is 11.8. The lowest BCUT2D eigenvalue weighted by Crippen LogP contribution is -2.37. The molecular weight excluding hydrogens is 200 g/mol. The Morgan fingerprint density at radius 3 is 2.69 bits per heavy atom. The Labute approximate surface area is 96.3 Å². The van der Waals surface area contributed by atoms with Crippen molar-refractivity contribution in [3.63, 3.8) is 0 Å². The van der Waals surface area contributed by atoms with Gasteiger partial charge in [-0.25, -0.2) is 0 Å². The molecule has 1 atom stereocenters. The van der Waals surface area contributed by atoms with Crippen molar-refractivity contribution in [1.82, 2.24) is 0 Å². The first-order chi connectivity index (χ1) is 7.45. The summed E-state index contributed by atoms with van der Waals surface area (Å²) in [5.41, 5.74) is 1.77. The van der Waals surface area contributed by atoms with E-state index in [1.165, 1.54) is 0 Å². The summed E-state index contributed by atoms with van der Waals surface area (Å²) < 4.78 is 0. The van der Waals surface area contributed by atoms with Crippen LogP contribution in [0.2, 0.25) is 0 Å². The number of aliphatic hydroxyl groups is 1. The van der Waals surface area contributed by atoms with Crippen LogP contribution < -0.4 is 0 Å². The van der Waals surface area contributed by atoms with Crippen LogP contribution in [0.4, 0.5) is 0 Å². The second kappa shape index (κ2) is 3.70. The molecule has 2 rings (SSSR count). The number of ketones is 1. The van der Waals surface area contributed by atoms with Crippen LogP contribution in [-0.4, -0.2) is 10.9 Å². The Bertz CT molecular complexity index is 434. The third kappa shape index (κ3) is 1.57. The minimum absolute atomic E-state index is 0.126. The molecule has 1 unspecified atom stereocenters. The van der Waals surface area contributed by atoms with Crippen molar-refractivity contribution in [1.29, 1.82) is 0 Å². The zero-order valence-electron chi connectivity index (χ0n) is 10.1. The molecule has 0 spiro atoms. The van der Waals surface area contributed by atoms with Crippen molar-refractivity contribution < 1.29 is 9.90 Å². The summed E-state index contributed by atoms with van der Waals surface area (Å²) in [5.74, 6) is 0.279. The van der Waals surface area contributed by atoms with E-state index in [1.54, 1.807) is 0 Å². The molecule has 0 heterocycles. The van der Waals surface area contributed by atoms with Crippen molar-refractivity contribution in [3.8, 4) is 0 Å². The molecule has 0 radical (unpaired) electrons. The van der Waals surface area contributed by atoms with E-state index in [0.29, 0.717) is 18.4 Å². The molecule has 86 valence electrons. The summed E-state index contributed by atoms with van der Waals surface area (Å²) in [6, 6.07) is 5.73. The third-order valence-corrected chi connectivity index (χ3v) is 3.63. The van der Waals surface area contributed by atoms with E-state index >= 15 is 0 Å². The molecule has 0 saturated heterocycles. The quantitative estimate of drug-likeness (QED) is 0.787. The number of fused-ring (bicyclic) bond motifs is 1. The molecule has 16 heavy (non-hydrogen) atoms. The molecule has 1 aliphatic rings. The summed E-state index contributed by atoms with van der Waals surface area (Å²) in [4.78, 5) is 11.8. The highest BCUT2D eigenvalue weighted by Gasteiger charge is 2.39. The molecule has 2 heteroatoms. The zero-order valence-corrected chi connectivity index (χ0v) is 10.1. The van der Waals surface area contributed by atoms with Gasteiger partial charge in [0, 0.05) is 12.0 Å². The number of hydrogen-bond donors (Lipinski definition) is 1. The van der Waals surface area contributed by atoms with Gasteiger partial charge < -0.3 is 5.11 Å². The van der Waals surface area contributed by atoms with Crippen LogP contribution in [0.5, 0.6) is 0 Å². The molecule has 0 aromatic heterocycles. The van der Waals surface area contributed by atoms with Crippen LogP contribution in [0.15, 0.2) is 18.2 Å². The van der Waals surface area contributed by atoms with Gasteiger partial charge in [-0.05, 0) is 24.8 Å². The molecule has 1 N–H and O–H groups in total. The molecule has 0 saturated carbocycles.